The van der Waals surface area contributed by atoms with Crippen molar-refractivity contribution in [3.63, 3.8) is 0 Å². The van der Waals surface area contributed by atoms with Crippen molar-refractivity contribution in [2.45, 2.75) is 25.6 Å². The fourth-order valence-corrected chi connectivity index (χ4v) is 2.90. The normalized spacial score (nSPS) is 11.6. The highest BCUT2D eigenvalue weighted by molar-refractivity contribution is 6.31. The molecule has 0 saturated heterocycles. The second kappa shape index (κ2) is 7.62. The van der Waals surface area contributed by atoms with Crippen molar-refractivity contribution >= 4 is 34.1 Å². The van der Waals surface area contributed by atoms with Crippen LogP contribution in [0.25, 0.3) is 10.9 Å². The summed E-state index contributed by atoms with van der Waals surface area (Å²) in [7, 11) is 0. The molecule has 5 nitrogen and oxygen atoms in total. The minimum absolute atomic E-state index is 0.00788. The van der Waals surface area contributed by atoms with Crippen LogP contribution in [0.4, 0.5) is 13.2 Å². The lowest BCUT2D eigenvalue weighted by molar-refractivity contribution is -0.135. The standard InChI is InChI=1S/C17H11Cl2F3N4O/c18-12-5-11-8-25-26(3-1-2-17(20,21)22)15(11)14(6-12)27-16-10(7-23)4-13(19)9-24-16/h4-6,8-9H,1-3H2. The first-order chi connectivity index (χ1) is 12.8. The number of aryl methyl sites for hydroxylation is 1. The minimum Gasteiger partial charge on any atom is -0.435 e. The summed E-state index contributed by atoms with van der Waals surface area (Å²) in [6, 6.07) is 6.43. The highest BCUT2D eigenvalue weighted by Crippen LogP contribution is 2.34. The van der Waals surface area contributed by atoms with Gasteiger partial charge in [0.15, 0.2) is 5.75 Å². The molecule has 0 spiro atoms. The van der Waals surface area contributed by atoms with Gasteiger partial charge in [0, 0.05) is 35.6 Å². The topological polar surface area (TPSA) is 63.7 Å². The van der Waals surface area contributed by atoms with Gasteiger partial charge in [0.05, 0.1) is 11.2 Å². The van der Waals surface area contributed by atoms with Crippen LogP contribution in [0.5, 0.6) is 11.6 Å². The summed E-state index contributed by atoms with van der Waals surface area (Å²) >= 11 is 11.9. The van der Waals surface area contributed by atoms with E-state index < -0.39 is 12.6 Å². The molecule has 0 atom stereocenters. The van der Waals surface area contributed by atoms with Crippen LogP contribution < -0.4 is 4.74 Å². The molecule has 0 unspecified atom stereocenters. The Bertz CT molecular complexity index is 1030. The first-order valence-corrected chi connectivity index (χ1v) is 8.48. The third-order valence-corrected chi connectivity index (χ3v) is 4.06. The number of aromatic nitrogens is 3. The first kappa shape index (κ1) is 19.3. The quantitative estimate of drug-likeness (QED) is 0.533. The molecule has 27 heavy (non-hydrogen) atoms. The van der Waals surface area contributed by atoms with Gasteiger partial charge in [-0.25, -0.2) is 4.98 Å². The van der Waals surface area contributed by atoms with Gasteiger partial charge in [0.25, 0.3) is 0 Å². The third-order valence-electron chi connectivity index (χ3n) is 3.64. The van der Waals surface area contributed by atoms with E-state index in [1.807, 2.05) is 6.07 Å². The molecule has 0 bridgehead atoms. The predicted octanol–water partition coefficient (Wildman–Crippen LogP) is 5.74. The van der Waals surface area contributed by atoms with Crippen molar-refractivity contribution in [3.8, 4) is 17.7 Å². The zero-order valence-corrected chi connectivity index (χ0v) is 15.1. The van der Waals surface area contributed by atoms with Gasteiger partial charge in [-0.1, -0.05) is 23.2 Å². The zero-order valence-electron chi connectivity index (χ0n) is 13.6. The molecule has 140 valence electrons. The van der Waals surface area contributed by atoms with Crippen LogP contribution >= 0.6 is 23.2 Å². The molecule has 0 radical (unpaired) electrons. The van der Waals surface area contributed by atoms with Crippen molar-refractivity contribution in [2.75, 3.05) is 0 Å². The molecule has 0 aliphatic carbocycles. The van der Waals surface area contributed by atoms with Crippen molar-refractivity contribution in [1.29, 1.82) is 5.26 Å². The van der Waals surface area contributed by atoms with Gasteiger partial charge in [-0.2, -0.15) is 23.5 Å². The molecule has 0 N–H and O–H groups in total. The molecule has 3 aromatic rings. The Kier molecular flexibility index (Phi) is 5.44. The van der Waals surface area contributed by atoms with E-state index in [2.05, 4.69) is 10.1 Å². The number of hydrogen-bond donors (Lipinski definition) is 0. The number of alkyl halides is 3. The summed E-state index contributed by atoms with van der Waals surface area (Å²) < 4.78 is 44.4. The van der Waals surface area contributed by atoms with E-state index in [9.17, 15) is 18.4 Å². The average Bonchev–Trinajstić information content (AvgIpc) is 2.98. The SMILES string of the molecule is N#Cc1cc(Cl)cnc1Oc1cc(Cl)cc2cnn(CCCC(F)(F)F)c12. The van der Waals surface area contributed by atoms with Gasteiger partial charge < -0.3 is 4.74 Å². The number of pyridine rings is 1. The van der Waals surface area contributed by atoms with Crippen molar-refractivity contribution in [1.82, 2.24) is 14.8 Å². The predicted molar refractivity (Wildman–Crippen MR) is 94.1 cm³/mol. The highest BCUT2D eigenvalue weighted by Gasteiger charge is 2.26. The maximum absolute atomic E-state index is 12.4. The molecule has 3 rings (SSSR count). The smallest absolute Gasteiger partial charge is 0.389 e. The number of fused-ring (bicyclic) bond motifs is 1. The first-order valence-electron chi connectivity index (χ1n) is 7.72. The van der Waals surface area contributed by atoms with Crippen LogP contribution in [0, 0.1) is 11.3 Å². The van der Waals surface area contributed by atoms with Gasteiger partial charge >= 0.3 is 6.18 Å². The van der Waals surface area contributed by atoms with Crippen LogP contribution in [-0.4, -0.2) is 20.9 Å². The van der Waals surface area contributed by atoms with Gasteiger partial charge in [-0.15, -0.1) is 0 Å². The highest BCUT2D eigenvalue weighted by atomic mass is 35.5. The molecule has 0 aliphatic heterocycles. The molecule has 2 aromatic heterocycles. The van der Waals surface area contributed by atoms with Crippen LogP contribution in [-0.2, 0) is 6.54 Å². The van der Waals surface area contributed by atoms with E-state index in [-0.39, 0.29) is 35.2 Å². The van der Waals surface area contributed by atoms with E-state index in [0.717, 1.165) is 0 Å². The molecule has 2 heterocycles. The fourth-order valence-electron chi connectivity index (χ4n) is 2.53. The molecule has 1 aromatic carbocycles. The van der Waals surface area contributed by atoms with E-state index >= 15 is 0 Å². The lowest BCUT2D eigenvalue weighted by Crippen LogP contribution is -2.10. The summed E-state index contributed by atoms with van der Waals surface area (Å²) in [5.41, 5.74) is 0.570. The van der Waals surface area contributed by atoms with Gasteiger partial charge in [0.1, 0.15) is 17.1 Å². The summed E-state index contributed by atoms with van der Waals surface area (Å²) in [6.07, 6.45) is -2.48. The molecule has 10 heteroatoms. The van der Waals surface area contributed by atoms with Crippen LogP contribution in [0.3, 0.4) is 0 Å². The lowest BCUT2D eigenvalue weighted by atomic mass is 10.2. The Morgan fingerprint density at radius 2 is 1.93 bits per heavy atom. The number of rotatable bonds is 5. The summed E-state index contributed by atoms with van der Waals surface area (Å²) in [5.74, 6) is 0.238. The van der Waals surface area contributed by atoms with E-state index in [1.165, 1.54) is 29.2 Å². The Hall–Kier alpha value is -2.50. The summed E-state index contributed by atoms with van der Waals surface area (Å²) in [5, 5.41) is 14.5. The number of hydrogen-bond acceptors (Lipinski definition) is 4. The average molecular weight is 415 g/mol. The molecule has 0 amide bonds. The summed E-state index contributed by atoms with van der Waals surface area (Å²) in [6.45, 7) is 0.0418. The second-order valence-electron chi connectivity index (χ2n) is 5.65. The largest absolute Gasteiger partial charge is 0.435 e. The Morgan fingerprint density at radius 3 is 2.63 bits per heavy atom. The van der Waals surface area contributed by atoms with Crippen molar-refractivity contribution in [3.05, 3.63) is 46.2 Å². The Labute approximate surface area is 161 Å². The van der Waals surface area contributed by atoms with Gasteiger partial charge in [-0.3, -0.25) is 4.68 Å². The molecule has 0 saturated carbocycles. The number of ether oxygens (including phenoxy) is 1. The molecule has 0 fully saturated rings. The third kappa shape index (κ3) is 4.62. The van der Waals surface area contributed by atoms with E-state index in [1.54, 1.807) is 6.07 Å². The maximum Gasteiger partial charge on any atom is 0.389 e. The molecular formula is C17H11Cl2F3N4O. The zero-order chi connectivity index (χ0) is 19.6. The number of nitrogens with zero attached hydrogens (tertiary/aromatic N) is 4. The van der Waals surface area contributed by atoms with Gasteiger partial charge in [0.2, 0.25) is 5.88 Å². The number of benzene rings is 1. The summed E-state index contributed by atoms with van der Waals surface area (Å²) in [4.78, 5) is 3.99. The van der Waals surface area contributed by atoms with E-state index in [0.29, 0.717) is 15.9 Å². The number of halogens is 5. The lowest BCUT2D eigenvalue weighted by Gasteiger charge is -2.11. The van der Waals surface area contributed by atoms with Crippen LogP contribution in [0.1, 0.15) is 18.4 Å². The van der Waals surface area contributed by atoms with Crippen molar-refractivity contribution < 1.29 is 17.9 Å². The van der Waals surface area contributed by atoms with Crippen LogP contribution in [0.2, 0.25) is 10.0 Å². The van der Waals surface area contributed by atoms with E-state index in [4.69, 9.17) is 27.9 Å². The van der Waals surface area contributed by atoms with Crippen molar-refractivity contribution in [2.24, 2.45) is 0 Å². The monoisotopic (exact) mass is 414 g/mol. The molecule has 0 aliphatic rings. The van der Waals surface area contributed by atoms with Gasteiger partial charge in [-0.05, 0) is 18.6 Å². The maximum atomic E-state index is 12.4. The Morgan fingerprint density at radius 1 is 1.15 bits per heavy atom. The Balaban J connectivity index is 1.97. The second-order valence-corrected chi connectivity index (χ2v) is 6.52. The molecular weight excluding hydrogens is 404 g/mol. The minimum atomic E-state index is -4.24. The number of nitriles is 1. The van der Waals surface area contributed by atoms with Crippen LogP contribution in [0.15, 0.2) is 30.6 Å². The fraction of sp³-hybridized carbons (Fsp3) is 0.235.